The van der Waals surface area contributed by atoms with Crippen molar-refractivity contribution in [1.82, 2.24) is 4.57 Å². The Balaban J connectivity index is 1.43. The molecule has 0 aliphatic rings. The molecule has 0 amide bonds. The van der Waals surface area contributed by atoms with E-state index in [-0.39, 0.29) is 12.2 Å². The number of nitrogens with zero attached hydrogens (tertiary/aromatic N) is 1. The predicted octanol–water partition coefficient (Wildman–Crippen LogP) is 9.59. The van der Waals surface area contributed by atoms with E-state index in [1.807, 2.05) is 12.1 Å². The van der Waals surface area contributed by atoms with E-state index < -0.39 is 28.8 Å². The Morgan fingerprint density at radius 1 is 0.714 bits per heavy atom. The fourth-order valence-corrected chi connectivity index (χ4v) is 5.20. The summed E-state index contributed by atoms with van der Waals surface area (Å²) in [4.78, 5) is 0. The van der Waals surface area contributed by atoms with Gasteiger partial charge in [-0.3, -0.25) is 0 Å². The third-order valence-corrected chi connectivity index (χ3v) is 7.55. The van der Waals surface area contributed by atoms with E-state index >= 15 is 4.39 Å². The second-order valence-electron chi connectivity index (χ2n) is 10.5. The summed E-state index contributed by atoms with van der Waals surface area (Å²) in [5.74, 6) is 1.10. The molecule has 0 saturated carbocycles. The molecule has 0 radical (unpaired) electrons. The van der Waals surface area contributed by atoms with Gasteiger partial charge in [-0.2, -0.15) is 0 Å². The van der Waals surface area contributed by atoms with Crippen molar-refractivity contribution in [3.05, 3.63) is 99.5 Å². The smallest absolute Gasteiger partial charge is 0.194 e. The summed E-state index contributed by atoms with van der Waals surface area (Å²) >= 11 is 0. The highest BCUT2D eigenvalue weighted by molar-refractivity contribution is 5.91. The molecule has 42 heavy (non-hydrogen) atoms. The number of aromatic nitrogens is 1. The second-order valence-corrected chi connectivity index (χ2v) is 10.5. The average Bonchev–Trinajstić information content (AvgIpc) is 3.27. The second kappa shape index (κ2) is 14.4. The maximum atomic E-state index is 15.1. The van der Waals surface area contributed by atoms with Gasteiger partial charge in [0.05, 0.1) is 12.1 Å². The molecule has 2 nitrogen and oxygen atoms in total. The molecule has 0 fully saturated rings. The minimum absolute atomic E-state index is 0.0646. The number of ether oxygens (including phenoxy) is 1. The van der Waals surface area contributed by atoms with E-state index in [0.29, 0.717) is 36.7 Å². The lowest BCUT2D eigenvalue weighted by atomic mass is 10.0. The molecule has 222 valence electrons. The van der Waals surface area contributed by atoms with Crippen LogP contribution in [0.15, 0.2) is 42.5 Å². The lowest BCUT2D eigenvalue weighted by molar-refractivity contribution is 0.306. The first kappa shape index (κ1) is 31.2. The molecule has 0 saturated heterocycles. The van der Waals surface area contributed by atoms with Gasteiger partial charge in [0.1, 0.15) is 17.4 Å². The maximum Gasteiger partial charge on any atom is 0.194 e. The lowest BCUT2D eigenvalue weighted by Gasteiger charge is -2.09. The first-order chi connectivity index (χ1) is 20.3. The van der Waals surface area contributed by atoms with Crippen LogP contribution in [0.4, 0.5) is 22.0 Å². The van der Waals surface area contributed by atoms with Crippen molar-refractivity contribution < 1.29 is 26.7 Å². The van der Waals surface area contributed by atoms with E-state index in [4.69, 9.17) is 4.74 Å². The number of halogens is 5. The maximum absolute atomic E-state index is 15.1. The predicted molar refractivity (Wildman–Crippen MR) is 157 cm³/mol. The van der Waals surface area contributed by atoms with Crippen LogP contribution in [-0.4, -0.2) is 11.2 Å². The van der Waals surface area contributed by atoms with Gasteiger partial charge in [-0.25, -0.2) is 22.0 Å². The molecule has 0 atom stereocenters. The molecule has 1 aromatic heterocycles. The van der Waals surface area contributed by atoms with E-state index in [0.717, 1.165) is 66.5 Å². The van der Waals surface area contributed by atoms with Gasteiger partial charge in [0.2, 0.25) is 0 Å². The zero-order valence-corrected chi connectivity index (χ0v) is 24.4. The fourth-order valence-electron chi connectivity index (χ4n) is 5.20. The molecule has 1 heterocycles. The largest absolute Gasteiger partial charge is 0.494 e. The number of rotatable bonds is 12. The number of hydrogen-bond donors (Lipinski definition) is 0. The molecule has 7 heteroatoms. The summed E-state index contributed by atoms with van der Waals surface area (Å²) in [6.45, 7) is 7.47. The van der Waals surface area contributed by atoms with Crippen molar-refractivity contribution in [3.63, 3.8) is 0 Å². The Kier molecular flexibility index (Phi) is 10.7. The number of hydrogen-bond acceptors (Lipinski definition) is 1. The van der Waals surface area contributed by atoms with Crippen LogP contribution in [-0.2, 0) is 19.4 Å². The van der Waals surface area contributed by atoms with Crippen LogP contribution in [0.2, 0.25) is 0 Å². The van der Waals surface area contributed by atoms with Crippen molar-refractivity contribution in [3.8, 4) is 17.6 Å². The van der Waals surface area contributed by atoms with E-state index in [1.54, 1.807) is 18.2 Å². The van der Waals surface area contributed by atoms with Gasteiger partial charge in [-0.15, -0.1) is 0 Å². The van der Waals surface area contributed by atoms with Crippen LogP contribution in [0.1, 0.15) is 80.3 Å². The van der Waals surface area contributed by atoms with Gasteiger partial charge in [0, 0.05) is 40.4 Å². The summed E-state index contributed by atoms with van der Waals surface area (Å²) in [7, 11) is 0. The number of benzene rings is 3. The minimum atomic E-state index is -1.66. The minimum Gasteiger partial charge on any atom is -0.494 e. The molecule has 3 aromatic carbocycles. The molecular weight excluding hydrogens is 545 g/mol. The number of aryl methyl sites for hydroxylation is 2. The highest BCUT2D eigenvalue weighted by Crippen LogP contribution is 2.32. The number of unbranched alkanes of at least 4 members (excludes halogenated alkanes) is 3. The van der Waals surface area contributed by atoms with Crippen molar-refractivity contribution in [2.24, 2.45) is 0 Å². The third kappa shape index (κ3) is 6.98. The average molecular weight is 582 g/mol. The van der Waals surface area contributed by atoms with Crippen molar-refractivity contribution >= 4 is 10.9 Å². The Labute approximate surface area is 244 Å². The highest BCUT2D eigenvalue weighted by atomic mass is 19.2. The Bertz CT molecular complexity index is 1590. The zero-order chi connectivity index (χ0) is 30.2. The molecule has 4 aromatic rings. The van der Waals surface area contributed by atoms with Crippen LogP contribution < -0.4 is 4.74 Å². The molecular formula is C35H36F5NO. The molecule has 0 bridgehead atoms. The summed E-state index contributed by atoms with van der Waals surface area (Å²) in [6, 6.07) is 10.9. The van der Waals surface area contributed by atoms with Gasteiger partial charge in [0.25, 0.3) is 0 Å². The first-order valence-electron chi connectivity index (χ1n) is 14.6. The Morgan fingerprint density at radius 2 is 1.43 bits per heavy atom. The molecule has 0 unspecified atom stereocenters. The molecule has 0 spiro atoms. The van der Waals surface area contributed by atoms with E-state index in [1.165, 1.54) is 6.07 Å². The summed E-state index contributed by atoms with van der Waals surface area (Å²) in [5.41, 5.74) is 4.16. The van der Waals surface area contributed by atoms with Crippen molar-refractivity contribution in [2.75, 3.05) is 6.61 Å². The molecule has 0 aliphatic carbocycles. The Hall–Kier alpha value is -3.79. The topological polar surface area (TPSA) is 14.2 Å². The van der Waals surface area contributed by atoms with E-state index in [9.17, 15) is 17.6 Å². The van der Waals surface area contributed by atoms with Gasteiger partial charge in [-0.1, -0.05) is 38.5 Å². The fraction of sp³-hybridized carbons (Fsp3) is 0.371. The zero-order valence-electron chi connectivity index (χ0n) is 24.4. The van der Waals surface area contributed by atoms with Crippen molar-refractivity contribution in [2.45, 2.75) is 78.7 Å². The third-order valence-electron chi connectivity index (χ3n) is 7.55. The van der Waals surface area contributed by atoms with Gasteiger partial charge >= 0.3 is 0 Å². The van der Waals surface area contributed by atoms with Crippen LogP contribution >= 0.6 is 0 Å². The summed E-state index contributed by atoms with van der Waals surface area (Å²) in [6.07, 6.45) is 5.67. The van der Waals surface area contributed by atoms with Gasteiger partial charge < -0.3 is 9.30 Å². The highest BCUT2D eigenvalue weighted by Gasteiger charge is 2.20. The molecule has 0 N–H and O–H groups in total. The van der Waals surface area contributed by atoms with Gasteiger partial charge in [-0.05, 0) is 87.4 Å². The first-order valence-corrected chi connectivity index (χ1v) is 14.6. The summed E-state index contributed by atoms with van der Waals surface area (Å²) < 4.78 is 77.2. The van der Waals surface area contributed by atoms with E-state index in [2.05, 4.69) is 37.2 Å². The normalized spacial score (nSPS) is 11.1. The molecule has 0 aliphatic heterocycles. The van der Waals surface area contributed by atoms with Crippen LogP contribution in [0, 0.1) is 47.9 Å². The van der Waals surface area contributed by atoms with Crippen LogP contribution in [0.5, 0.6) is 5.75 Å². The quantitative estimate of drug-likeness (QED) is 0.0534. The number of fused-ring (bicyclic) bond motifs is 1. The Morgan fingerprint density at radius 3 is 2.14 bits per heavy atom. The standard InChI is InChI=1S/C35H36F5NO/c1-4-6-10-27-23(3)41(20-7-5-2)35-25(16-19-29(36)32(27)35)15-12-24-13-17-26(18-14-24)42-21-9-8-11-28-30(37)22-31(38)34(40)33(28)39/h13-14,16-19,22H,4-11,20-21H2,1-3H3. The van der Waals surface area contributed by atoms with Crippen molar-refractivity contribution in [1.29, 1.82) is 0 Å². The van der Waals surface area contributed by atoms with Crippen LogP contribution in [0.25, 0.3) is 10.9 Å². The van der Waals surface area contributed by atoms with Gasteiger partial charge in [0.15, 0.2) is 17.5 Å². The monoisotopic (exact) mass is 581 g/mol. The lowest BCUT2D eigenvalue weighted by Crippen LogP contribution is -2.04. The molecule has 4 rings (SSSR count). The SMILES string of the molecule is CCCCc1c(C)n(CCCC)c2c(C#Cc3ccc(OCCCCc4c(F)cc(F)c(F)c4F)cc3)ccc(F)c12. The summed E-state index contributed by atoms with van der Waals surface area (Å²) in [5, 5.41) is 0.683. The van der Waals surface area contributed by atoms with Crippen LogP contribution in [0.3, 0.4) is 0 Å².